The molecule has 1 atom stereocenters. The highest BCUT2D eigenvalue weighted by Gasteiger charge is 2.31. The number of phenols is 2. The second-order valence-electron chi connectivity index (χ2n) is 9.87. The fourth-order valence-corrected chi connectivity index (χ4v) is 5.54. The number of hydrogen-bond donors (Lipinski definition) is 2. The van der Waals surface area contributed by atoms with Gasteiger partial charge in [0.25, 0.3) is 0 Å². The molecule has 41 heavy (non-hydrogen) atoms. The van der Waals surface area contributed by atoms with E-state index in [0.29, 0.717) is 51.2 Å². The molecule has 2 heterocycles. The second kappa shape index (κ2) is 9.51. The minimum absolute atomic E-state index is 0.00192. The van der Waals surface area contributed by atoms with E-state index < -0.39 is 11.6 Å². The van der Waals surface area contributed by atoms with Crippen molar-refractivity contribution in [3.63, 3.8) is 0 Å². The van der Waals surface area contributed by atoms with Gasteiger partial charge in [0.15, 0.2) is 5.75 Å². The number of aryl methyl sites for hydroxylation is 1. The standard InChI is InChI=1S/C31H26O10/c1-13-6-15-8-16-9-17(36-3)12-22(23(16)27(33)24(15)30(34)39-13)41-29-25-20(10-18(37-4)11-21(25)32)28(38-5)19-7-14(2)40-31(35)26(19)29/h7-13,32-33H,6H2,1-5H3/t13-/m1/s1. The summed E-state index contributed by atoms with van der Waals surface area (Å²) in [5.41, 5.74) is -0.0614. The molecule has 0 amide bonds. The van der Waals surface area contributed by atoms with Gasteiger partial charge in [-0.15, -0.1) is 0 Å². The highest BCUT2D eigenvalue weighted by Crippen LogP contribution is 2.50. The number of phenolic OH excluding ortho intramolecular Hbond substituents is 2. The van der Waals surface area contributed by atoms with E-state index in [0.717, 1.165) is 0 Å². The highest BCUT2D eigenvalue weighted by molar-refractivity contribution is 6.14. The molecule has 1 aromatic heterocycles. The van der Waals surface area contributed by atoms with Crippen LogP contribution in [0.15, 0.2) is 45.6 Å². The third kappa shape index (κ3) is 4.02. The molecule has 0 spiro atoms. The first-order valence-electron chi connectivity index (χ1n) is 12.8. The molecule has 0 radical (unpaired) electrons. The van der Waals surface area contributed by atoms with Crippen LogP contribution in [0.3, 0.4) is 0 Å². The maximum atomic E-state index is 13.3. The first-order valence-corrected chi connectivity index (χ1v) is 12.8. The normalized spacial score (nSPS) is 14.7. The van der Waals surface area contributed by atoms with Crippen LogP contribution in [0.1, 0.15) is 28.6 Å². The van der Waals surface area contributed by atoms with Crippen molar-refractivity contribution in [1.82, 2.24) is 0 Å². The lowest BCUT2D eigenvalue weighted by Gasteiger charge is -2.24. The van der Waals surface area contributed by atoms with Gasteiger partial charge in [-0.3, -0.25) is 0 Å². The Labute approximate surface area is 233 Å². The summed E-state index contributed by atoms with van der Waals surface area (Å²) in [6, 6.07) is 9.67. The quantitative estimate of drug-likeness (QED) is 0.203. The van der Waals surface area contributed by atoms with Crippen LogP contribution in [-0.4, -0.2) is 43.6 Å². The van der Waals surface area contributed by atoms with E-state index in [4.69, 9.17) is 28.1 Å². The van der Waals surface area contributed by atoms with E-state index in [1.165, 1.54) is 33.5 Å². The van der Waals surface area contributed by atoms with Gasteiger partial charge in [0.05, 0.1) is 32.1 Å². The third-order valence-corrected chi connectivity index (χ3v) is 7.25. The Hall–Kier alpha value is -5.12. The fourth-order valence-electron chi connectivity index (χ4n) is 5.54. The minimum atomic E-state index is -0.725. The van der Waals surface area contributed by atoms with E-state index in [1.54, 1.807) is 38.1 Å². The molecule has 0 aliphatic carbocycles. The lowest BCUT2D eigenvalue weighted by Crippen LogP contribution is -2.25. The number of methoxy groups -OCH3 is 3. The molecule has 210 valence electrons. The largest absolute Gasteiger partial charge is 0.507 e. The number of aromatic hydroxyl groups is 2. The number of ether oxygens (including phenoxy) is 5. The third-order valence-electron chi connectivity index (χ3n) is 7.25. The molecular formula is C31H26O10. The number of cyclic esters (lactones) is 1. The molecule has 4 aromatic carbocycles. The predicted molar refractivity (Wildman–Crippen MR) is 150 cm³/mol. The number of carbonyl (C=O) groups is 1. The molecule has 0 unspecified atom stereocenters. The summed E-state index contributed by atoms with van der Waals surface area (Å²) >= 11 is 0. The average Bonchev–Trinajstić information content (AvgIpc) is 2.91. The van der Waals surface area contributed by atoms with E-state index in [-0.39, 0.29) is 50.8 Å². The number of hydrogen-bond acceptors (Lipinski definition) is 10. The van der Waals surface area contributed by atoms with Gasteiger partial charge in [-0.25, -0.2) is 9.59 Å². The van der Waals surface area contributed by atoms with Crippen LogP contribution in [-0.2, 0) is 11.2 Å². The van der Waals surface area contributed by atoms with Crippen molar-refractivity contribution in [3.8, 4) is 40.2 Å². The molecule has 6 rings (SSSR count). The van der Waals surface area contributed by atoms with Crippen LogP contribution >= 0.6 is 0 Å². The van der Waals surface area contributed by atoms with Crippen molar-refractivity contribution in [2.75, 3.05) is 21.3 Å². The zero-order valence-corrected chi connectivity index (χ0v) is 22.9. The van der Waals surface area contributed by atoms with Crippen LogP contribution in [0.2, 0.25) is 0 Å². The van der Waals surface area contributed by atoms with Crippen molar-refractivity contribution in [1.29, 1.82) is 0 Å². The molecule has 0 bridgehead atoms. The highest BCUT2D eigenvalue weighted by atomic mass is 16.5. The maximum absolute atomic E-state index is 13.3. The van der Waals surface area contributed by atoms with Crippen molar-refractivity contribution in [2.45, 2.75) is 26.4 Å². The van der Waals surface area contributed by atoms with E-state index >= 15 is 0 Å². The molecule has 10 heteroatoms. The van der Waals surface area contributed by atoms with Crippen molar-refractivity contribution < 1.29 is 43.1 Å². The van der Waals surface area contributed by atoms with Crippen molar-refractivity contribution in [3.05, 3.63) is 63.7 Å². The van der Waals surface area contributed by atoms with Crippen LogP contribution in [0, 0.1) is 6.92 Å². The first kappa shape index (κ1) is 26.1. The van der Waals surface area contributed by atoms with Gasteiger partial charge in [-0.1, -0.05) is 0 Å². The number of rotatable bonds is 5. The second-order valence-corrected chi connectivity index (χ2v) is 9.87. The van der Waals surface area contributed by atoms with Crippen LogP contribution in [0.5, 0.6) is 40.2 Å². The topological polar surface area (TPSA) is 134 Å². The zero-order valence-electron chi connectivity index (χ0n) is 22.9. The molecule has 5 aromatic rings. The lowest BCUT2D eigenvalue weighted by molar-refractivity contribution is 0.0297. The molecule has 2 N–H and O–H groups in total. The summed E-state index contributed by atoms with van der Waals surface area (Å²) in [7, 11) is 4.39. The van der Waals surface area contributed by atoms with Crippen LogP contribution in [0.25, 0.3) is 32.3 Å². The van der Waals surface area contributed by atoms with Gasteiger partial charge in [0, 0.05) is 29.3 Å². The maximum Gasteiger partial charge on any atom is 0.347 e. The molecule has 0 fully saturated rings. The Kier molecular flexibility index (Phi) is 6.06. The number of esters is 1. The van der Waals surface area contributed by atoms with E-state index in [1.807, 2.05) is 0 Å². The van der Waals surface area contributed by atoms with Gasteiger partial charge in [0.1, 0.15) is 57.3 Å². The van der Waals surface area contributed by atoms with E-state index in [2.05, 4.69) is 0 Å². The van der Waals surface area contributed by atoms with Crippen LogP contribution < -0.4 is 24.6 Å². The summed E-state index contributed by atoms with van der Waals surface area (Å²) < 4.78 is 33.8. The average molecular weight is 559 g/mol. The number of benzene rings is 4. The molecule has 1 aliphatic heterocycles. The summed E-state index contributed by atoms with van der Waals surface area (Å²) in [4.78, 5) is 26.1. The fraction of sp³-hybridized carbons (Fsp3) is 0.226. The monoisotopic (exact) mass is 558 g/mol. The summed E-state index contributed by atoms with van der Waals surface area (Å²) in [6.07, 6.45) is 0.0646. The Morgan fingerprint density at radius 1 is 0.829 bits per heavy atom. The Morgan fingerprint density at radius 3 is 2.24 bits per heavy atom. The predicted octanol–water partition coefficient (Wildman–Crippen LogP) is 5.74. The summed E-state index contributed by atoms with van der Waals surface area (Å²) in [6.45, 7) is 3.40. The molecular weight excluding hydrogens is 532 g/mol. The van der Waals surface area contributed by atoms with Gasteiger partial charge < -0.3 is 38.3 Å². The van der Waals surface area contributed by atoms with Crippen molar-refractivity contribution in [2.24, 2.45) is 0 Å². The zero-order chi connectivity index (χ0) is 29.2. The smallest absolute Gasteiger partial charge is 0.347 e. The summed E-state index contributed by atoms with van der Waals surface area (Å²) in [5.74, 6) is 0.168. The molecule has 1 aliphatic rings. The van der Waals surface area contributed by atoms with Gasteiger partial charge in [-0.05, 0) is 49.1 Å². The summed E-state index contributed by atoms with van der Waals surface area (Å²) in [5, 5.41) is 24.2. The number of fused-ring (bicyclic) bond motifs is 4. The number of carbonyl (C=O) groups excluding carboxylic acids is 1. The molecule has 0 saturated carbocycles. The molecule has 0 saturated heterocycles. The first-order chi connectivity index (χ1) is 19.6. The van der Waals surface area contributed by atoms with Gasteiger partial charge in [-0.2, -0.15) is 0 Å². The molecule has 10 nitrogen and oxygen atoms in total. The SMILES string of the molecule is COc1cc(Oc2c3c(O)cc(OC)cc3c(OC)c3cc(C)oc(=O)c23)c2c(O)c3c(cc2c1)C[C@@H](C)OC3=O. The van der Waals surface area contributed by atoms with E-state index in [9.17, 15) is 19.8 Å². The Balaban J connectivity index is 1.74. The Bertz CT molecular complexity index is 1970. The van der Waals surface area contributed by atoms with Gasteiger partial charge in [0.2, 0.25) is 0 Å². The van der Waals surface area contributed by atoms with Gasteiger partial charge >= 0.3 is 11.6 Å². The van der Waals surface area contributed by atoms with Crippen LogP contribution in [0.4, 0.5) is 0 Å². The Morgan fingerprint density at radius 2 is 1.54 bits per heavy atom. The minimum Gasteiger partial charge on any atom is -0.507 e. The lowest BCUT2D eigenvalue weighted by atomic mass is 9.93. The van der Waals surface area contributed by atoms with Crippen molar-refractivity contribution >= 4 is 38.3 Å².